The van der Waals surface area contributed by atoms with E-state index in [0.29, 0.717) is 7.18 Å². The van der Waals surface area contributed by atoms with Crippen LogP contribution in [0.1, 0.15) is 20.1 Å². The second-order valence-electron chi connectivity index (χ2n) is 3.39. The van der Waals surface area contributed by atoms with Gasteiger partial charge in [-0.25, -0.2) is 9.18 Å². The zero-order chi connectivity index (χ0) is 14.3. The summed E-state index contributed by atoms with van der Waals surface area (Å²) in [5.41, 5.74) is 4.44. The number of aliphatic hydroxyl groups is 1. The number of aromatic nitrogens is 2. The number of nitrogens with two attached hydrogens (primary N) is 1. The van der Waals surface area contributed by atoms with Gasteiger partial charge in [0.1, 0.15) is 6.23 Å². The number of ether oxygens (including phenoxy) is 1. The second-order valence-corrected chi connectivity index (χ2v) is 3.39. The fourth-order valence-electron chi connectivity index (χ4n) is 1.16. The van der Waals surface area contributed by atoms with E-state index in [9.17, 15) is 13.6 Å². The Labute approximate surface area is 103 Å². The lowest BCUT2D eigenvalue weighted by molar-refractivity contribution is -0.0583. The summed E-state index contributed by atoms with van der Waals surface area (Å²) in [4.78, 5) is 14.7. The Morgan fingerprint density at radius 2 is 2.11 bits per heavy atom. The number of hydrogen-bond donors (Lipinski definition) is 2. The second kappa shape index (κ2) is 7.72. The molecule has 0 bridgehead atoms. The molecule has 8 heteroatoms. The molecule has 2 unspecified atom stereocenters. The van der Waals surface area contributed by atoms with E-state index in [-0.39, 0.29) is 6.61 Å². The summed E-state index contributed by atoms with van der Waals surface area (Å²) in [6.45, 7) is 2.98. The molecule has 1 aromatic rings. The topological polar surface area (TPSA) is 90.4 Å². The summed E-state index contributed by atoms with van der Waals surface area (Å²) in [7, 11) is 0.500. The van der Waals surface area contributed by atoms with E-state index in [2.05, 4.69) is 4.98 Å². The van der Waals surface area contributed by atoms with Gasteiger partial charge in [0.2, 0.25) is 0 Å². The molecule has 2 atom stereocenters. The van der Waals surface area contributed by atoms with Crippen LogP contribution in [0.2, 0.25) is 0 Å². The monoisotopic (exact) mass is 265 g/mol. The van der Waals surface area contributed by atoms with Crippen molar-refractivity contribution in [1.82, 2.24) is 9.55 Å². The lowest BCUT2D eigenvalue weighted by Crippen LogP contribution is -2.30. The average molecular weight is 265 g/mol. The first kappa shape index (κ1) is 16.5. The zero-order valence-corrected chi connectivity index (χ0v) is 10.4. The maximum atomic E-state index is 13.1. The SMILES string of the molecule is CC(CO)OC(C)n1cc(F)c(N)nc1=O.CF. The van der Waals surface area contributed by atoms with Crippen LogP contribution in [0.3, 0.4) is 0 Å². The van der Waals surface area contributed by atoms with Crippen molar-refractivity contribution in [1.29, 1.82) is 0 Å². The van der Waals surface area contributed by atoms with E-state index in [1.165, 1.54) is 0 Å². The van der Waals surface area contributed by atoms with Crippen molar-refractivity contribution in [3.05, 3.63) is 22.5 Å². The molecule has 18 heavy (non-hydrogen) atoms. The molecule has 0 spiro atoms. The minimum absolute atomic E-state index is 0.191. The lowest BCUT2D eigenvalue weighted by atomic mass is 10.4. The third kappa shape index (κ3) is 4.38. The first-order chi connectivity index (χ1) is 8.45. The molecule has 0 radical (unpaired) electrons. The highest BCUT2D eigenvalue weighted by molar-refractivity contribution is 5.26. The highest BCUT2D eigenvalue weighted by Gasteiger charge is 2.13. The summed E-state index contributed by atoms with van der Waals surface area (Å²) in [5.74, 6) is -1.23. The first-order valence-electron chi connectivity index (χ1n) is 5.14. The Morgan fingerprint density at radius 1 is 1.56 bits per heavy atom. The number of aliphatic hydroxyl groups excluding tert-OH is 1. The molecule has 6 nitrogen and oxygen atoms in total. The third-order valence-corrected chi connectivity index (χ3v) is 2.01. The number of halogens is 2. The third-order valence-electron chi connectivity index (χ3n) is 2.01. The van der Waals surface area contributed by atoms with E-state index in [0.717, 1.165) is 10.8 Å². The van der Waals surface area contributed by atoms with Gasteiger partial charge >= 0.3 is 5.69 Å². The molecule has 0 aromatic carbocycles. The molecule has 0 aliphatic heterocycles. The van der Waals surface area contributed by atoms with E-state index in [1.807, 2.05) is 0 Å². The molecule has 0 saturated carbocycles. The molecule has 1 aromatic heterocycles. The summed E-state index contributed by atoms with van der Waals surface area (Å²) in [6.07, 6.45) is -0.251. The lowest BCUT2D eigenvalue weighted by Gasteiger charge is -2.19. The normalized spacial score (nSPS) is 13.4. The molecular formula is C10H17F2N3O3. The summed E-state index contributed by atoms with van der Waals surface area (Å²) in [5, 5.41) is 8.78. The van der Waals surface area contributed by atoms with Crippen molar-refractivity contribution in [3.8, 4) is 0 Å². The molecule has 0 aliphatic carbocycles. The predicted octanol–water partition coefficient (Wildman–Crippen LogP) is 0.466. The van der Waals surface area contributed by atoms with Crippen molar-refractivity contribution >= 4 is 5.82 Å². The van der Waals surface area contributed by atoms with Gasteiger partial charge in [-0.05, 0) is 13.8 Å². The number of rotatable bonds is 4. The predicted molar refractivity (Wildman–Crippen MR) is 62.2 cm³/mol. The quantitative estimate of drug-likeness (QED) is 0.825. The van der Waals surface area contributed by atoms with Gasteiger partial charge in [-0.2, -0.15) is 4.98 Å². The van der Waals surface area contributed by atoms with Crippen molar-refractivity contribution in [2.75, 3.05) is 19.5 Å². The zero-order valence-electron chi connectivity index (χ0n) is 10.4. The van der Waals surface area contributed by atoms with Crippen LogP contribution in [-0.2, 0) is 4.74 Å². The molecule has 0 saturated heterocycles. The molecule has 1 rings (SSSR count). The van der Waals surface area contributed by atoms with E-state index >= 15 is 0 Å². The van der Waals surface area contributed by atoms with Crippen molar-refractivity contribution in [2.24, 2.45) is 0 Å². The molecular weight excluding hydrogens is 248 g/mol. The Hall–Kier alpha value is -1.54. The molecule has 0 fully saturated rings. The highest BCUT2D eigenvalue weighted by Crippen LogP contribution is 2.10. The van der Waals surface area contributed by atoms with Crippen LogP contribution in [0, 0.1) is 5.82 Å². The van der Waals surface area contributed by atoms with Gasteiger partial charge in [0.25, 0.3) is 0 Å². The maximum Gasteiger partial charge on any atom is 0.351 e. The Bertz CT molecular complexity index is 425. The summed E-state index contributed by atoms with van der Waals surface area (Å²) < 4.78 is 28.8. The van der Waals surface area contributed by atoms with Gasteiger partial charge in [0.15, 0.2) is 11.6 Å². The summed E-state index contributed by atoms with van der Waals surface area (Å²) >= 11 is 0. The molecule has 1 heterocycles. The van der Waals surface area contributed by atoms with Gasteiger partial charge in [0, 0.05) is 0 Å². The van der Waals surface area contributed by atoms with Crippen LogP contribution in [0.25, 0.3) is 0 Å². The Morgan fingerprint density at radius 3 is 2.61 bits per heavy atom. The molecule has 104 valence electrons. The highest BCUT2D eigenvalue weighted by atomic mass is 19.1. The Balaban J connectivity index is 0.00000137. The van der Waals surface area contributed by atoms with E-state index in [1.54, 1.807) is 13.8 Å². The van der Waals surface area contributed by atoms with Gasteiger partial charge < -0.3 is 15.6 Å². The summed E-state index contributed by atoms with van der Waals surface area (Å²) in [6, 6.07) is 0. The molecule has 0 aliphatic rings. The molecule has 0 amide bonds. The van der Waals surface area contributed by atoms with Gasteiger partial charge in [-0.1, -0.05) is 0 Å². The minimum Gasteiger partial charge on any atom is -0.394 e. The van der Waals surface area contributed by atoms with Crippen molar-refractivity contribution in [2.45, 2.75) is 26.2 Å². The smallest absolute Gasteiger partial charge is 0.351 e. The molecule has 3 N–H and O–H groups in total. The van der Waals surface area contributed by atoms with Crippen LogP contribution in [0.15, 0.2) is 11.0 Å². The number of alkyl halides is 1. The van der Waals surface area contributed by atoms with Crippen molar-refractivity contribution < 1.29 is 18.6 Å². The number of anilines is 1. The fourth-order valence-corrected chi connectivity index (χ4v) is 1.16. The standard InChI is InChI=1S/C9H14FN3O3.CH3F/c1-5(4-14)16-6(2)13-3-7(10)8(11)12-9(13)15;1-2/h3,5-6,14H,4H2,1-2H3,(H2,11,12,15);1H3. The first-order valence-corrected chi connectivity index (χ1v) is 5.14. The average Bonchev–Trinajstić information content (AvgIpc) is 2.35. The van der Waals surface area contributed by atoms with Crippen LogP contribution in [0.4, 0.5) is 14.6 Å². The maximum absolute atomic E-state index is 13.1. The van der Waals surface area contributed by atoms with Gasteiger partial charge in [-0.3, -0.25) is 8.96 Å². The number of hydrogen-bond acceptors (Lipinski definition) is 5. The Kier molecular flexibility index (Phi) is 7.06. The van der Waals surface area contributed by atoms with Crippen LogP contribution in [-0.4, -0.2) is 34.5 Å². The van der Waals surface area contributed by atoms with Gasteiger partial charge in [0.05, 0.1) is 26.1 Å². The number of nitrogen functional groups attached to an aromatic ring is 1. The van der Waals surface area contributed by atoms with Crippen LogP contribution >= 0.6 is 0 Å². The largest absolute Gasteiger partial charge is 0.394 e. The van der Waals surface area contributed by atoms with Crippen LogP contribution < -0.4 is 11.4 Å². The van der Waals surface area contributed by atoms with Crippen molar-refractivity contribution in [3.63, 3.8) is 0 Å². The van der Waals surface area contributed by atoms with Crippen LogP contribution in [0.5, 0.6) is 0 Å². The van der Waals surface area contributed by atoms with E-state index < -0.39 is 29.7 Å². The van der Waals surface area contributed by atoms with Gasteiger partial charge in [-0.15, -0.1) is 0 Å². The number of nitrogens with zero attached hydrogens (tertiary/aromatic N) is 2. The minimum atomic E-state index is -0.785. The van der Waals surface area contributed by atoms with E-state index in [4.69, 9.17) is 15.6 Å². The fraction of sp³-hybridized carbons (Fsp3) is 0.600.